The van der Waals surface area contributed by atoms with Crippen LogP contribution in [-0.2, 0) is 22.6 Å². The predicted molar refractivity (Wildman–Crippen MR) is 96.8 cm³/mol. The average molecular weight is 372 g/mol. The maximum atomic E-state index is 12.4. The highest BCUT2D eigenvalue weighted by atomic mass is 16.5. The molecule has 2 amide bonds. The van der Waals surface area contributed by atoms with Gasteiger partial charge in [0.05, 0.1) is 30.2 Å². The Bertz CT molecular complexity index is 817. The van der Waals surface area contributed by atoms with Crippen molar-refractivity contribution in [2.45, 2.75) is 39.9 Å². The zero-order chi connectivity index (χ0) is 19.4. The van der Waals surface area contributed by atoms with Crippen LogP contribution >= 0.6 is 0 Å². The van der Waals surface area contributed by atoms with Gasteiger partial charge in [-0.15, -0.1) is 0 Å². The average Bonchev–Trinajstić information content (AvgIpc) is 3.11. The molecule has 144 valence electrons. The summed E-state index contributed by atoms with van der Waals surface area (Å²) in [7, 11) is 0. The molecule has 0 spiro atoms. The van der Waals surface area contributed by atoms with E-state index in [0.29, 0.717) is 36.9 Å². The Morgan fingerprint density at radius 1 is 1.30 bits per heavy atom. The molecular formula is C18H24N6O3. The van der Waals surface area contributed by atoms with Crippen molar-refractivity contribution in [3.63, 3.8) is 0 Å². The van der Waals surface area contributed by atoms with E-state index in [9.17, 15) is 9.59 Å². The summed E-state index contributed by atoms with van der Waals surface area (Å²) in [5.41, 5.74) is 1.83. The third-order valence-corrected chi connectivity index (χ3v) is 4.48. The molecule has 1 aliphatic rings. The summed E-state index contributed by atoms with van der Waals surface area (Å²) in [6, 6.07) is -0.212. The number of carbonyl (C=O) groups is 2. The lowest BCUT2D eigenvalue weighted by atomic mass is 10.2. The lowest BCUT2D eigenvalue weighted by Gasteiger charge is -2.33. The quantitative estimate of drug-likeness (QED) is 0.807. The summed E-state index contributed by atoms with van der Waals surface area (Å²) in [5, 5.41) is 2.80. The number of hydrogen-bond acceptors (Lipinski definition) is 6. The third kappa shape index (κ3) is 4.30. The van der Waals surface area contributed by atoms with E-state index < -0.39 is 0 Å². The monoisotopic (exact) mass is 372 g/mol. The number of nitrogens with one attached hydrogen (secondary N) is 1. The van der Waals surface area contributed by atoms with E-state index in [4.69, 9.17) is 4.74 Å². The fraction of sp³-hybridized carbons (Fsp3) is 0.500. The minimum absolute atomic E-state index is 0.0620. The van der Waals surface area contributed by atoms with Crippen molar-refractivity contribution >= 4 is 11.8 Å². The molecule has 1 N–H and O–H groups in total. The molecule has 0 saturated carbocycles. The number of fused-ring (bicyclic) bond motifs is 1. The smallest absolute Gasteiger partial charge is 0.271 e. The van der Waals surface area contributed by atoms with Crippen LogP contribution in [0.1, 0.15) is 47.6 Å². The van der Waals surface area contributed by atoms with Gasteiger partial charge < -0.3 is 19.5 Å². The predicted octanol–water partition coefficient (Wildman–Crippen LogP) is 0.851. The van der Waals surface area contributed by atoms with Gasteiger partial charge in [-0.05, 0) is 20.8 Å². The largest absolute Gasteiger partial charge is 0.372 e. The number of imidazole rings is 1. The number of nitrogens with zero attached hydrogens (tertiary/aromatic N) is 5. The highest BCUT2D eigenvalue weighted by Gasteiger charge is 2.30. The fourth-order valence-electron chi connectivity index (χ4n) is 2.99. The molecule has 2 aromatic heterocycles. The van der Waals surface area contributed by atoms with Crippen molar-refractivity contribution < 1.29 is 14.3 Å². The van der Waals surface area contributed by atoms with Gasteiger partial charge in [0.25, 0.3) is 5.91 Å². The summed E-state index contributed by atoms with van der Waals surface area (Å²) in [6.07, 6.45) is 5.02. The summed E-state index contributed by atoms with van der Waals surface area (Å²) in [5.74, 6) is 0.354. The van der Waals surface area contributed by atoms with Gasteiger partial charge in [0.1, 0.15) is 18.1 Å². The number of ether oxygens (including phenoxy) is 1. The summed E-state index contributed by atoms with van der Waals surface area (Å²) in [6.45, 7) is 7.62. The maximum absolute atomic E-state index is 12.4. The molecule has 0 saturated heterocycles. The highest BCUT2D eigenvalue weighted by molar-refractivity contribution is 5.92. The number of rotatable bonds is 6. The fourth-order valence-corrected chi connectivity index (χ4v) is 2.99. The molecule has 0 unspecified atom stereocenters. The first kappa shape index (κ1) is 19.0. The first-order valence-corrected chi connectivity index (χ1v) is 8.99. The molecule has 0 aromatic carbocycles. The molecule has 3 heterocycles. The van der Waals surface area contributed by atoms with Gasteiger partial charge in [0.2, 0.25) is 5.91 Å². The van der Waals surface area contributed by atoms with Gasteiger partial charge in [0.15, 0.2) is 0 Å². The van der Waals surface area contributed by atoms with Crippen LogP contribution in [0.2, 0.25) is 0 Å². The van der Waals surface area contributed by atoms with Crippen molar-refractivity contribution in [2.75, 3.05) is 19.8 Å². The summed E-state index contributed by atoms with van der Waals surface area (Å²) >= 11 is 0. The van der Waals surface area contributed by atoms with E-state index in [2.05, 4.69) is 20.3 Å². The second-order valence-corrected chi connectivity index (χ2v) is 6.41. The minimum Gasteiger partial charge on any atom is -0.372 e. The molecule has 2 aromatic rings. The lowest BCUT2D eigenvalue weighted by molar-refractivity contribution is -0.139. The van der Waals surface area contributed by atoms with Crippen LogP contribution in [0, 0.1) is 6.92 Å². The van der Waals surface area contributed by atoms with E-state index >= 15 is 0 Å². The standard InChI is InChI=1S/C18H24N6O3/c1-4-27-11-16(25)24-6-5-23-10-15(22-17(23)13(24)3)18(26)21-9-14-8-19-12(2)7-20-14/h7-8,10,13H,4-6,9,11H2,1-3H3,(H,21,26)/t13-/m1/s1. The molecule has 0 fully saturated rings. The van der Waals surface area contributed by atoms with Crippen LogP contribution in [0.4, 0.5) is 0 Å². The third-order valence-electron chi connectivity index (χ3n) is 4.48. The Balaban J connectivity index is 1.65. The van der Waals surface area contributed by atoms with Gasteiger partial charge in [-0.3, -0.25) is 19.6 Å². The molecule has 0 radical (unpaired) electrons. The van der Waals surface area contributed by atoms with Crippen LogP contribution in [-0.4, -0.2) is 56.0 Å². The van der Waals surface area contributed by atoms with E-state index in [1.165, 1.54) is 0 Å². The molecule has 1 aliphatic heterocycles. The van der Waals surface area contributed by atoms with Crippen molar-refractivity contribution in [3.8, 4) is 0 Å². The van der Waals surface area contributed by atoms with Gasteiger partial charge in [0, 0.05) is 32.1 Å². The van der Waals surface area contributed by atoms with Gasteiger partial charge in [-0.25, -0.2) is 4.98 Å². The van der Waals surface area contributed by atoms with E-state index in [1.807, 2.05) is 25.3 Å². The number of aryl methyl sites for hydroxylation is 1. The Morgan fingerprint density at radius 3 is 2.81 bits per heavy atom. The Labute approximate surface area is 157 Å². The summed E-state index contributed by atoms with van der Waals surface area (Å²) < 4.78 is 7.14. The first-order chi connectivity index (χ1) is 13.0. The second kappa shape index (κ2) is 8.26. The lowest BCUT2D eigenvalue weighted by Crippen LogP contribution is -2.42. The number of amides is 2. The number of aromatic nitrogens is 4. The van der Waals surface area contributed by atoms with Crippen molar-refractivity contribution in [2.24, 2.45) is 0 Å². The molecular weight excluding hydrogens is 348 g/mol. The maximum Gasteiger partial charge on any atom is 0.271 e. The Kier molecular flexibility index (Phi) is 5.80. The Hall–Kier alpha value is -2.81. The number of hydrogen-bond donors (Lipinski definition) is 1. The van der Waals surface area contributed by atoms with Gasteiger partial charge in [-0.2, -0.15) is 0 Å². The zero-order valence-corrected chi connectivity index (χ0v) is 15.8. The van der Waals surface area contributed by atoms with Crippen LogP contribution in [0.25, 0.3) is 0 Å². The van der Waals surface area contributed by atoms with Crippen molar-refractivity contribution in [1.82, 2.24) is 29.7 Å². The molecule has 0 bridgehead atoms. The minimum atomic E-state index is -0.279. The molecule has 0 aliphatic carbocycles. The van der Waals surface area contributed by atoms with Crippen LogP contribution in [0.5, 0.6) is 0 Å². The first-order valence-electron chi connectivity index (χ1n) is 8.99. The summed E-state index contributed by atoms with van der Waals surface area (Å²) in [4.78, 5) is 39.3. The van der Waals surface area contributed by atoms with Crippen molar-refractivity contribution in [3.05, 3.63) is 41.5 Å². The van der Waals surface area contributed by atoms with E-state index in [1.54, 1.807) is 23.5 Å². The Morgan fingerprint density at radius 2 is 2.11 bits per heavy atom. The molecule has 9 heteroatoms. The van der Waals surface area contributed by atoms with Crippen LogP contribution < -0.4 is 5.32 Å². The molecule has 3 rings (SSSR count). The molecule has 27 heavy (non-hydrogen) atoms. The highest BCUT2D eigenvalue weighted by Crippen LogP contribution is 2.24. The van der Waals surface area contributed by atoms with Crippen LogP contribution in [0.3, 0.4) is 0 Å². The second-order valence-electron chi connectivity index (χ2n) is 6.41. The van der Waals surface area contributed by atoms with Crippen LogP contribution in [0.15, 0.2) is 18.6 Å². The molecule has 1 atom stereocenters. The van der Waals surface area contributed by atoms with Gasteiger partial charge >= 0.3 is 0 Å². The van der Waals surface area contributed by atoms with Gasteiger partial charge in [-0.1, -0.05) is 0 Å². The van der Waals surface area contributed by atoms with E-state index in [-0.39, 0.29) is 31.0 Å². The normalized spacial score (nSPS) is 16.1. The van der Waals surface area contributed by atoms with E-state index in [0.717, 1.165) is 5.69 Å². The number of carbonyl (C=O) groups excluding carboxylic acids is 2. The zero-order valence-electron chi connectivity index (χ0n) is 15.8. The van der Waals surface area contributed by atoms with Crippen molar-refractivity contribution in [1.29, 1.82) is 0 Å². The topological polar surface area (TPSA) is 102 Å². The molecule has 9 nitrogen and oxygen atoms in total. The SMILES string of the molecule is CCOCC(=O)N1CCn2cc(C(=O)NCc3cnc(C)cn3)nc2[C@H]1C.